The van der Waals surface area contributed by atoms with E-state index in [4.69, 9.17) is 16.0 Å². The molecule has 0 fully saturated rings. The van der Waals surface area contributed by atoms with Crippen LogP contribution in [0.1, 0.15) is 16.8 Å². The molecule has 6 nitrogen and oxygen atoms in total. The Kier molecular flexibility index (Phi) is 3.92. The first kappa shape index (κ1) is 15.1. The number of rotatable bonds is 3. The Bertz CT molecular complexity index is 903. The number of hydrogen-bond acceptors (Lipinski definition) is 5. The van der Waals surface area contributed by atoms with Gasteiger partial charge in [0.25, 0.3) is 5.56 Å². The Labute approximate surface area is 143 Å². The van der Waals surface area contributed by atoms with Gasteiger partial charge in [-0.15, -0.1) is 0 Å². The molecule has 0 saturated carbocycles. The highest BCUT2D eigenvalue weighted by Crippen LogP contribution is 2.20. The van der Waals surface area contributed by atoms with E-state index in [2.05, 4.69) is 19.9 Å². The average molecular weight is 343 g/mol. The van der Waals surface area contributed by atoms with Crippen molar-refractivity contribution in [1.82, 2.24) is 19.9 Å². The van der Waals surface area contributed by atoms with E-state index >= 15 is 0 Å². The average Bonchev–Trinajstić information content (AvgIpc) is 3.11. The van der Waals surface area contributed by atoms with Crippen LogP contribution in [0.5, 0.6) is 0 Å². The van der Waals surface area contributed by atoms with E-state index in [1.807, 2.05) is 6.07 Å². The SMILES string of the molecule is O=c1[nH]c(-c2ccco2)nc2c1CCN(Cc1ccc(Cl)nc1)C2. The van der Waals surface area contributed by atoms with Gasteiger partial charge in [-0.2, -0.15) is 0 Å². The molecule has 0 amide bonds. The van der Waals surface area contributed by atoms with Gasteiger partial charge in [0.05, 0.1) is 12.0 Å². The molecule has 1 aliphatic rings. The summed E-state index contributed by atoms with van der Waals surface area (Å²) in [6.07, 6.45) is 4.02. The lowest BCUT2D eigenvalue weighted by molar-refractivity contribution is 0.240. The summed E-state index contributed by atoms with van der Waals surface area (Å²) in [5.74, 6) is 1.03. The molecule has 0 atom stereocenters. The minimum Gasteiger partial charge on any atom is -0.461 e. The van der Waals surface area contributed by atoms with Crippen LogP contribution in [0.15, 0.2) is 45.9 Å². The van der Waals surface area contributed by atoms with Gasteiger partial charge >= 0.3 is 0 Å². The van der Waals surface area contributed by atoms with E-state index in [0.29, 0.717) is 29.7 Å². The van der Waals surface area contributed by atoms with Crippen LogP contribution in [-0.4, -0.2) is 26.4 Å². The largest absolute Gasteiger partial charge is 0.461 e. The molecule has 0 unspecified atom stereocenters. The van der Waals surface area contributed by atoms with Gasteiger partial charge in [-0.25, -0.2) is 9.97 Å². The van der Waals surface area contributed by atoms with Crippen LogP contribution in [0.25, 0.3) is 11.6 Å². The van der Waals surface area contributed by atoms with Crippen LogP contribution in [-0.2, 0) is 19.5 Å². The number of H-pyrrole nitrogens is 1. The van der Waals surface area contributed by atoms with Crippen LogP contribution in [0.4, 0.5) is 0 Å². The summed E-state index contributed by atoms with van der Waals surface area (Å²) in [4.78, 5) is 26.1. The number of halogens is 1. The summed E-state index contributed by atoms with van der Waals surface area (Å²) < 4.78 is 5.33. The Morgan fingerprint density at radius 2 is 2.25 bits per heavy atom. The number of nitrogens with one attached hydrogen (secondary N) is 1. The van der Waals surface area contributed by atoms with Crippen molar-refractivity contribution in [2.24, 2.45) is 0 Å². The molecule has 0 radical (unpaired) electrons. The van der Waals surface area contributed by atoms with Gasteiger partial charge in [0, 0.05) is 31.4 Å². The first-order valence-corrected chi connectivity index (χ1v) is 8.05. The molecular formula is C17H15ClN4O2. The number of aromatic amines is 1. The number of pyridine rings is 1. The first-order valence-electron chi connectivity index (χ1n) is 7.68. The molecule has 0 saturated heterocycles. The summed E-state index contributed by atoms with van der Waals surface area (Å²) in [6, 6.07) is 7.30. The molecule has 0 aliphatic carbocycles. The molecule has 1 N–H and O–H groups in total. The summed E-state index contributed by atoms with van der Waals surface area (Å²) >= 11 is 5.82. The molecule has 24 heavy (non-hydrogen) atoms. The number of hydrogen-bond donors (Lipinski definition) is 1. The molecule has 7 heteroatoms. The predicted molar refractivity (Wildman–Crippen MR) is 89.6 cm³/mol. The van der Waals surface area contributed by atoms with Crippen molar-refractivity contribution in [2.45, 2.75) is 19.5 Å². The van der Waals surface area contributed by atoms with Crippen LogP contribution in [0, 0.1) is 0 Å². The van der Waals surface area contributed by atoms with Crippen molar-refractivity contribution in [3.8, 4) is 11.6 Å². The van der Waals surface area contributed by atoms with Crippen molar-refractivity contribution < 1.29 is 4.42 Å². The molecule has 4 heterocycles. The maximum absolute atomic E-state index is 12.3. The number of fused-ring (bicyclic) bond motifs is 1. The van der Waals surface area contributed by atoms with Gasteiger partial charge < -0.3 is 9.40 Å². The molecule has 0 spiro atoms. The summed E-state index contributed by atoms with van der Waals surface area (Å²) in [5, 5.41) is 0.485. The fraction of sp³-hybridized carbons (Fsp3) is 0.235. The lowest BCUT2D eigenvalue weighted by Gasteiger charge is -2.27. The highest BCUT2D eigenvalue weighted by Gasteiger charge is 2.22. The maximum Gasteiger partial charge on any atom is 0.254 e. The molecule has 4 rings (SSSR count). The van der Waals surface area contributed by atoms with Crippen molar-refractivity contribution >= 4 is 11.6 Å². The fourth-order valence-electron chi connectivity index (χ4n) is 2.92. The topological polar surface area (TPSA) is 75.0 Å². The highest BCUT2D eigenvalue weighted by atomic mass is 35.5. The number of furan rings is 1. The maximum atomic E-state index is 12.3. The second-order valence-corrected chi connectivity index (χ2v) is 6.15. The zero-order valence-electron chi connectivity index (χ0n) is 12.8. The van der Waals surface area contributed by atoms with Crippen LogP contribution in [0.3, 0.4) is 0 Å². The summed E-state index contributed by atoms with van der Waals surface area (Å²) in [5.41, 5.74) is 2.56. The lowest BCUT2D eigenvalue weighted by Crippen LogP contribution is -2.35. The third-order valence-corrected chi connectivity index (χ3v) is 4.33. The van der Waals surface area contributed by atoms with Gasteiger partial charge in [0.1, 0.15) is 5.15 Å². The Hall–Kier alpha value is -2.44. The molecule has 3 aromatic rings. The van der Waals surface area contributed by atoms with Gasteiger partial charge in [-0.1, -0.05) is 17.7 Å². The normalized spacial score (nSPS) is 14.5. The Morgan fingerprint density at radius 1 is 1.33 bits per heavy atom. The Morgan fingerprint density at radius 3 is 3.00 bits per heavy atom. The zero-order chi connectivity index (χ0) is 16.5. The molecule has 1 aliphatic heterocycles. The minimum atomic E-state index is -0.0841. The van der Waals surface area contributed by atoms with Crippen LogP contribution < -0.4 is 5.56 Å². The summed E-state index contributed by atoms with van der Waals surface area (Å²) in [7, 11) is 0. The van der Waals surface area contributed by atoms with E-state index in [-0.39, 0.29) is 5.56 Å². The first-order chi connectivity index (χ1) is 11.7. The quantitative estimate of drug-likeness (QED) is 0.741. The van der Waals surface area contributed by atoms with Crippen molar-refractivity contribution in [3.05, 3.63) is 69.1 Å². The molecule has 3 aromatic heterocycles. The van der Waals surface area contributed by atoms with Crippen LogP contribution in [0.2, 0.25) is 5.15 Å². The highest BCUT2D eigenvalue weighted by molar-refractivity contribution is 6.29. The van der Waals surface area contributed by atoms with Gasteiger partial charge in [-0.3, -0.25) is 9.69 Å². The number of nitrogens with zero attached hydrogens (tertiary/aromatic N) is 3. The zero-order valence-corrected chi connectivity index (χ0v) is 13.6. The molecule has 0 bridgehead atoms. The third kappa shape index (κ3) is 2.98. The van der Waals surface area contributed by atoms with E-state index < -0.39 is 0 Å². The lowest BCUT2D eigenvalue weighted by atomic mass is 10.1. The predicted octanol–water partition coefficient (Wildman–Crippen LogP) is 2.64. The van der Waals surface area contributed by atoms with E-state index in [9.17, 15) is 4.79 Å². The van der Waals surface area contributed by atoms with E-state index in [1.165, 1.54) is 0 Å². The van der Waals surface area contributed by atoms with E-state index in [1.54, 1.807) is 30.7 Å². The molecule has 0 aromatic carbocycles. The smallest absolute Gasteiger partial charge is 0.254 e. The Balaban J connectivity index is 1.59. The van der Waals surface area contributed by atoms with Crippen molar-refractivity contribution in [2.75, 3.05) is 6.54 Å². The minimum absolute atomic E-state index is 0.0841. The van der Waals surface area contributed by atoms with Crippen molar-refractivity contribution in [3.63, 3.8) is 0 Å². The standard InChI is InChI=1S/C17H15ClN4O2/c18-15-4-3-11(8-19-15)9-22-6-5-12-13(10-22)20-16(21-17(12)23)14-2-1-7-24-14/h1-4,7-8H,5-6,9-10H2,(H,20,21,23). The molecular weight excluding hydrogens is 328 g/mol. The molecule has 122 valence electrons. The third-order valence-electron chi connectivity index (χ3n) is 4.10. The van der Waals surface area contributed by atoms with Gasteiger partial charge in [0.15, 0.2) is 11.6 Å². The monoisotopic (exact) mass is 342 g/mol. The summed E-state index contributed by atoms with van der Waals surface area (Å²) in [6.45, 7) is 2.17. The van der Waals surface area contributed by atoms with Gasteiger partial charge in [0.2, 0.25) is 0 Å². The van der Waals surface area contributed by atoms with E-state index in [0.717, 1.165) is 29.9 Å². The second kappa shape index (κ2) is 6.22. The second-order valence-electron chi connectivity index (χ2n) is 5.77. The number of aromatic nitrogens is 3. The van der Waals surface area contributed by atoms with Crippen LogP contribution >= 0.6 is 11.6 Å². The fourth-order valence-corrected chi connectivity index (χ4v) is 3.03. The van der Waals surface area contributed by atoms with Gasteiger partial charge in [-0.05, 0) is 30.2 Å². The van der Waals surface area contributed by atoms with Crippen molar-refractivity contribution in [1.29, 1.82) is 0 Å².